The normalized spacial score (nSPS) is 28.7. The van der Waals surface area contributed by atoms with Crippen molar-refractivity contribution in [3.63, 3.8) is 0 Å². The van der Waals surface area contributed by atoms with Crippen LogP contribution in [0.15, 0.2) is 18.2 Å². The van der Waals surface area contributed by atoms with E-state index in [9.17, 15) is 9.18 Å². The van der Waals surface area contributed by atoms with Gasteiger partial charge in [0, 0.05) is 26.2 Å². The van der Waals surface area contributed by atoms with E-state index in [4.69, 9.17) is 10.00 Å². The standard InChI is InChI=1S/C19H24FN3O2/c1-22(2)17-7-13-10-23(11-14(13)8-18(17)25-3)19(24)15-5-4-12(9-21)6-16(15)20/h4-6,13-14,17-18H,7-8,10-11H2,1-3H3/t13-,14+,17-,18-/m1/s1. The number of amides is 1. The summed E-state index contributed by atoms with van der Waals surface area (Å²) >= 11 is 0. The monoisotopic (exact) mass is 345 g/mol. The summed E-state index contributed by atoms with van der Waals surface area (Å²) in [4.78, 5) is 16.7. The minimum absolute atomic E-state index is 0.0464. The zero-order valence-corrected chi connectivity index (χ0v) is 14.9. The van der Waals surface area contributed by atoms with E-state index >= 15 is 0 Å². The largest absolute Gasteiger partial charge is 0.380 e. The van der Waals surface area contributed by atoms with Crippen LogP contribution in [0.1, 0.15) is 28.8 Å². The molecule has 134 valence electrons. The molecule has 6 heteroatoms. The Labute approximate surface area is 148 Å². The number of likely N-dealkylation sites (N-methyl/N-ethyl adjacent to an activating group) is 1. The first kappa shape index (κ1) is 17.8. The van der Waals surface area contributed by atoms with Gasteiger partial charge in [0.25, 0.3) is 5.91 Å². The maximum Gasteiger partial charge on any atom is 0.256 e. The van der Waals surface area contributed by atoms with Gasteiger partial charge in [0.05, 0.1) is 23.3 Å². The average molecular weight is 345 g/mol. The van der Waals surface area contributed by atoms with Gasteiger partial charge in [0.1, 0.15) is 5.82 Å². The lowest BCUT2D eigenvalue weighted by atomic mass is 9.77. The van der Waals surface area contributed by atoms with Crippen LogP contribution >= 0.6 is 0 Å². The number of methoxy groups -OCH3 is 1. The summed E-state index contributed by atoms with van der Waals surface area (Å²) in [6, 6.07) is 6.26. The van der Waals surface area contributed by atoms with Crippen molar-refractivity contribution >= 4 is 5.91 Å². The van der Waals surface area contributed by atoms with Crippen LogP contribution < -0.4 is 0 Å². The molecule has 4 atom stereocenters. The third-order valence-electron chi connectivity index (χ3n) is 5.67. The Morgan fingerprint density at radius 1 is 1.32 bits per heavy atom. The van der Waals surface area contributed by atoms with Crippen LogP contribution in [-0.4, -0.2) is 62.1 Å². The fourth-order valence-corrected chi connectivity index (χ4v) is 4.28. The lowest BCUT2D eigenvalue weighted by Gasteiger charge is -2.40. The highest BCUT2D eigenvalue weighted by Crippen LogP contribution is 2.39. The Hall–Kier alpha value is -1.97. The third-order valence-corrected chi connectivity index (χ3v) is 5.67. The molecule has 1 aliphatic heterocycles. The quantitative estimate of drug-likeness (QED) is 0.842. The van der Waals surface area contributed by atoms with Crippen LogP contribution in [-0.2, 0) is 4.74 Å². The first-order valence-electron chi connectivity index (χ1n) is 8.62. The molecule has 2 fully saturated rings. The Kier molecular flexibility index (Phi) is 5.07. The van der Waals surface area contributed by atoms with Gasteiger partial charge >= 0.3 is 0 Å². The molecule has 1 heterocycles. The molecule has 0 radical (unpaired) electrons. The summed E-state index contributed by atoms with van der Waals surface area (Å²) in [7, 11) is 5.85. The number of likely N-dealkylation sites (tertiary alicyclic amines) is 1. The van der Waals surface area contributed by atoms with Gasteiger partial charge in [-0.1, -0.05) is 0 Å². The number of hydrogen-bond donors (Lipinski definition) is 0. The Morgan fingerprint density at radius 3 is 2.56 bits per heavy atom. The van der Waals surface area contributed by atoms with E-state index in [-0.39, 0.29) is 23.1 Å². The topological polar surface area (TPSA) is 56.6 Å². The second-order valence-corrected chi connectivity index (χ2v) is 7.31. The summed E-state index contributed by atoms with van der Waals surface area (Å²) < 4.78 is 19.8. The molecule has 5 nitrogen and oxygen atoms in total. The van der Waals surface area contributed by atoms with Crippen LogP contribution in [0.2, 0.25) is 0 Å². The van der Waals surface area contributed by atoms with Gasteiger partial charge in [0.2, 0.25) is 0 Å². The predicted octanol–water partition coefficient (Wildman–Crippen LogP) is 2.12. The fourth-order valence-electron chi connectivity index (χ4n) is 4.28. The van der Waals surface area contributed by atoms with E-state index in [2.05, 4.69) is 19.0 Å². The molecular formula is C19H24FN3O2. The molecule has 0 unspecified atom stereocenters. The second kappa shape index (κ2) is 7.11. The maximum absolute atomic E-state index is 14.2. The summed E-state index contributed by atoms with van der Waals surface area (Å²) in [5.74, 6) is -0.0950. The summed E-state index contributed by atoms with van der Waals surface area (Å²) in [5.41, 5.74) is 0.269. The Morgan fingerprint density at radius 2 is 2.00 bits per heavy atom. The van der Waals surface area contributed by atoms with Crippen molar-refractivity contribution < 1.29 is 13.9 Å². The number of ether oxygens (including phenoxy) is 1. The molecule has 1 aromatic rings. The number of rotatable bonds is 3. The van der Waals surface area contributed by atoms with E-state index in [0.717, 1.165) is 18.9 Å². The molecule has 1 amide bonds. The molecule has 0 spiro atoms. The van der Waals surface area contributed by atoms with Gasteiger partial charge in [-0.15, -0.1) is 0 Å². The van der Waals surface area contributed by atoms with Gasteiger partial charge < -0.3 is 14.5 Å². The molecule has 1 saturated heterocycles. The Bertz CT molecular complexity index is 700. The number of nitriles is 1. The van der Waals surface area contributed by atoms with E-state index in [1.807, 2.05) is 6.07 Å². The van der Waals surface area contributed by atoms with Crippen LogP contribution in [0.25, 0.3) is 0 Å². The second-order valence-electron chi connectivity index (χ2n) is 7.31. The molecule has 3 rings (SSSR count). The number of nitrogens with zero attached hydrogens (tertiary/aromatic N) is 3. The van der Waals surface area contributed by atoms with E-state index in [0.29, 0.717) is 31.0 Å². The summed E-state index contributed by atoms with van der Waals surface area (Å²) in [6.45, 7) is 1.30. The number of halogens is 1. The average Bonchev–Trinajstić information content (AvgIpc) is 3.02. The van der Waals surface area contributed by atoms with Crippen molar-refractivity contribution in [1.82, 2.24) is 9.80 Å². The van der Waals surface area contributed by atoms with Crippen molar-refractivity contribution in [3.05, 3.63) is 35.1 Å². The minimum Gasteiger partial charge on any atom is -0.380 e. The number of carbonyl (C=O) groups excluding carboxylic acids is 1. The molecule has 0 N–H and O–H groups in total. The minimum atomic E-state index is -0.625. The van der Waals surface area contributed by atoms with Crippen LogP contribution in [0.5, 0.6) is 0 Å². The number of benzene rings is 1. The zero-order chi connectivity index (χ0) is 18.1. The van der Waals surface area contributed by atoms with Crippen LogP contribution in [0, 0.1) is 29.0 Å². The SMILES string of the molecule is CO[C@@H]1C[C@H]2CN(C(=O)c3ccc(C#N)cc3F)C[C@H]2C[C@H]1N(C)C. The van der Waals surface area contributed by atoms with Crippen molar-refractivity contribution in [3.8, 4) is 6.07 Å². The summed E-state index contributed by atoms with van der Waals surface area (Å²) in [6.07, 6.45) is 2.07. The molecule has 2 aliphatic rings. The molecular weight excluding hydrogens is 321 g/mol. The van der Waals surface area contributed by atoms with Gasteiger partial charge in [-0.3, -0.25) is 4.79 Å². The molecule has 0 aromatic heterocycles. The van der Waals surface area contributed by atoms with Gasteiger partial charge in [-0.2, -0.15) is 5.26 Å². The highest BCUT2D eigenvalue weighted by molar-refractivity contribution is 5.94. The van der Waals surface area contributed by atoms with Gasteiger partial charge in [0.15, 0.2) is 0 Å². The number of fused-ring (bicyclic) bond motifs is 1. The van der Waals surface area contributed by atoms with Crippen LogP contribution in [0.3, 0.4) is 0 Å². The molecule has 25 heavy (non-hydrogen) atoms. The van der Waals surface area contributed by atoms with E-state index in [1.165, 1.54) is 12.1 Å². The van der Waals surface area contributed by atoms with Crippen molar-refractivity contribution in [2.75, 3.05) is 34.3 Å². The molecule has 0 bridgehead atoms. The Balaban J connectivity index is 1.74. The third kappa shape index (κ3) is 3.39. The summed E-state index contributed by atoms with van der Waals surface area (Å²) in [5, 5.41) is 8.83. The van der Waals surface area contributed by atoms with Crippen molar-refractivity contribution in [1.29, 1.82) is 5.26 Å². The van der Waals surface area contributed by atoms with Crippen molar-refractivity contribution in [2.24, 2.45) is 11.8 Å². The highest BCUT2D eigenvalue weighted by Gasteiger charge is 2.44. The van der Waals surface area contributed by atoms with Crippen molar-refractivity contribution in [2.45, 2.75) is 25.0 Å². The first-order valence-corrected chi connectivity index (χ1v) is 8.62. The highest BCUT2D eigenvalue weighted by atomic mass is 19.1. The number of carbonyl (C=O) groups is 1. The van der Waals surface area contributed by atoms with E-state index < -0.39 is 5.82 Å². The van der Waals surface area contributed by atoms with Crippen LogP contribution in [0.4, 0.5) is 4.39 Å². The maximum atomic E-state index is 14.2. The predicted molar refractivity (Wildman–Crippen MR) is 91.5 cm³/mol. The first-order chi connectivity index (χ1) is 11.9. The lowest BCUT2D eigenvalue weighted by Crippen LogP contribution is -2.47. The van der Waals surface area contributed by atoms with Gasteiger partial charge in [-0.25, -0.2) is 4.39 Å². The lowest BCUT2D eigenvalue weighted by molar-refractivity contribution is -0.0209. The fraction of sp³-hybridized carbons (Fsp3) is 0.579. The van der Waals surface area contributed by atoms with E-state index in [1.54, 1.807) is 12.0 Å². The number of hydrogen-bond acceptors (Lipinski definition) is 4. The zero-order valence-electron chi connectivity index (χ0n) is 14.9. The van der Waals surface area contributed by atoms with Gasteiger partial charge in [-0.05, 0) is 57.0 Å². The smallest absolute Gasteiger partial charge is 0.256 e. The molecule has 1 aliphatic carbocycles. The molecule has 1 saturated carbocycles. The molecule has 1 aromatic carbocycles.